The van der Waals surface area contributed by atoms with Crippen LogP contribution < -0.4 is 0 Å². The lowest BCUT2D eigenvalue weighted by Gasteiger charge is -2.19. The van der Waals surface area contributed by atoms with Gasteiger partial charge >= 0.3 is 0 Å². The fourth-order valence-corrected chi connectivity index (χ4v) is 2.34. The maximum absolute atomic E-state index is 13.8. The molecule has 0 bridgehead atoms. The average molecular weight is 331 g/mol. The van der Waals surface area contributed by atoms with E-state index in [9.17, 15) is 13.6 Å². The van der Waals surface area contributed by atoms with Crippen LogP contribution in [0.2, 0.25) is 0 Å². The second-order valence-electron chi connectivity index (χ2n) is 5.25. The van der Waals surface area contributed by atoms with Crippen molar-refractivity contribution in [2.45, 2.75) is 20.4 Å². The lowest BCUT2D eigenvalue weighted by molar-refractivity contribution is 0.0737. The summed E-state index contributed by atoms with van der Waals surface area (Å²) in [5.41, 5.74) is 0.612. The summed E-state index contributed by atoms with van der Waals surface area (Å²) in [6.07, 6.45) is 1.57. The van der Waals surface area contributed by atoms with Crippen molar-refractivity contribution >= 4 is 11.7 Å². The van der Waals surface area contributed by atoms with Crippen LogP contribution >= 0.6 is 0 Å². The fourth-order valence-electron chi connectivity index (χ4n) is 2.34. The van der Waals surface area contributed by atoms with Crippen LogP contribution in [-0.2, 0) is 6.54 Å². The molecule has 3 rings (SSSR count). The van der Waals surface area contributed by atoms with Gasteiger partial charge in [0.15, 0.2) is 0 Å². The number of aryl methyl sites for hydroxylation is 1. The third-order valence-electron chi connectivity index (χ3n) is 3.70. The molecule has 24 heavy (non-hydrogen) atoms. The summed E-state index contributed by atoms with van der Waals surface area (Å²) in [7, 11) is 0. The summed E-state index contributed by atoms with van der Waals surface area (Å²) in [6, 6.07) is 5.34. The zero-order chi connectivity index (χ0) is 17.3. The second-order valence-corrected chi connectivity index (χ2v) is 5.25. The van der Waals surface area contributed by atoms with E-state index in [2.05, 4.69) is 15.1 Å². The van der Waals surface area contributed by atoms with E-state index < -0.39 is 17.5 Å². The number of hydrogen-bond acceptors (Lipinski definition) is 4. The van der Waals surface area contributed by atoms with Gasteiger partial charge in [-0.2, -0.15) is 4.98 Å². The molecule has 8 heteroatoms. The number of nitrogens with zero attached hydrogens (tertiary/aromatic N) is 5. The molecule has 3 aromatic rings. The van der Waals surface area contributed by atoms with Gasteiger partial charge in [-0.25, -0.2) is 18.3 Å². The second kappa shape index (κ2) is 6.31. The Labute approximate surface area is 136 Å². The normalized spacial score (nSPS) is 11.0. The van der Waals surface area contributed by atoms with Crippen molar-refractivity contribution in [2.75, 3.05) is 6.54 Å². The number of fused-ring (bicyclic) bond motifs is 1. The van der Waals surface area contributed by atoms with Crippen LogP contribution in [0.4, 0.5) is 8.78 Å². The summed E-state index contributed by atoms with van der Waals surface area (Å²) in [6.45, 7) is 3.59. The van der Waals surface area contributed by atoms with Crippen molar-refractivity contribution in [3.63, 3.8) is 0 Å². The van der Waals surface area contributed by atoms with E-state index in [0.717, 1.165) is 17.8 Å². The summed E-state index contributed by atoms with van der Waals surface area (Å²) in [5.74, 6) is -1.66. The number of halogens is 2. The van der Waals surface area contributed by atoms with E-state index in [1.54, 1.807) is 19.2 Å². The first-order valence-corrected chi connectivity index (χ1v) is 7.41. The highest BCUT2D eigenvalue weighted by Gasteiger charge is 2.22. The van der Waals surface area contributed by atoms with E-state index >= 15 is 0 Å². The van der Waals surface area contributed by atoms with Crippen LogP contribution in [0.5, 0.6) is 0 Å². The number of benzene rings is 1. The Bertz CT molecular complexity index is 888. The Morgan fingerprint density at radius 1 is 1.25 bits per heavy atom. The molecule has 1 amide bonds. The highest BCUT2D eigenvalue weighted by Crippen LogP contribution is 2.16. The molecule has 0 saturated carbocycles. The molecule has 0 unspecified atom stereocenters. The first kappa shape index (κ1) is 16.0. The number of amides is 1. The molecule has 0 N–H and O–H groups in total. The Hall–Kier alpha value is -2.90. The zero-order valence-corrected chi connectivity index (χ0v) is 13.2. The summed E-state index contributed by atoms with van der Waals surface area (Å²) in [4.78, 5) is 22.0. The molecule has 2 heterocycles. The Kier molecular flexibility index (Phi) is 4.20. The number of rotatable bonds is 4. The minimum atomic E-state index is -0.693. The first-order chi connectivity index (χ1) is 11.5. The van der Waals surface area contributed by atoms with Gasteiger partial charge in [0.05, 0.1) is 6.54 Å². The standard InChI is InChI=1S/C16H15F2N5O/c1-3-22(9-11-12(17)5-4-6-13(11)18)15(24)14-20-16-19-8-7-10(2)23(16)21-14/h4-8H,3,9H2,1-2H3. The SMILES string of the molecule is CCN(Cc1c(F)cccc1F)C(=O)c1nc2nccc(C)n2n1. The smallest absolute Gasteiger partial charge is 0.293 e. The molecule has 1 aromatic carbocycles. The third-order valence-corrected chi connectivity index (χ3v) is 3.70. The van der Waals surface area contributed by atoms with E-state index in [1.165, 1.54) is 15.5 Å². The van der Waals surface area contributed by atoms with Crippen LogP contribution in [0.3, 0.4) is 0 Å². The Morgan fingerprint density at radius 3 is 2.58 bits per heavy atom. The summed E-state index contributed by atoms with van der Waals surface area (Å²) in [5, 5.41) is 4.13. The minimum absolute atomic E-state index is 0.0598. The first-order valence-electron chi connectivity index (χ1n) is 7.41. The number of carbonyl (C=O) groups is 1. The molecular formula is C16H15F2N5O. The van der Waals surface area contributed by atoms with E-state index in [-0.39, 0.29) is 24.5 Å². The van der Waals surface area contributed by atoms with Gasteiger partial charge in [0.2, 0.25) is 5.82 Å². The average Bonchev–Trinajstić information content (AvgIpc) is 3.00. The van der Waals surface area contributed by atoms with Gasteiger partial charge in [-0.3, -0.25) is 4.79 Å². The van der Waals surface area contributed by atoms with Crippen molar-refractivity contribution in [3.05, 3.63) is 59.2 Å². The molecule has 0 fully saturated rings. The summed E-state index contributed by atoms with van der Waals surface area (Å²) < 4.78 is 29.1. The van der Waals surface area contributed by atoms with Crippen molar-refractivity contribution < 1.29 is 13.6 Å². The molecule has 0 aliphatic rings. The number of carbonyl (C=O) groups excluding carboxylic acids is 1. The van der Waals surface area contributed by atoms with E-state index in [4.69, 9.17) is 0 Å². The van der Waals surface area contributed by atoms with Crippen molar-refractivity contribution in [1.82, 2.24) is 24.5 Å². The maximum Gasteiger partial charge on any atom is 0.293 e. The van der Waals surface area contributed by atoms with Gasteiger partial charge in [0.1, 0.15) is 11.6 Å². The molecule has 6 nitrogen and oxygen atoms in total. The summed E-state index contributed by atoms with van der Waals surface area (Å²) >= 11 is 0. The van der Waals surface area contributed by atoms with Gasteiger partial charge in [-0.05, 0) is 32.0 Å². The monoisotopic (exact) mass is 331 g/mol. The lowest BCUT2D eigenvalue weighted by atomic mass is 10.2. The van der Waals surface area contributed by atoms with Gasteiger partial charge in [0.25, 0.3) is 11.7 Å². The van der Waals surface area contributed by atoms with Crippen LogP contribution in [0.1, 0.15) is 28.8 Å². The molecule has 0 saturated heterocycles. The van der Waals surface area contributed by atoms with Crippen LogP contribution in [0, 0.1) is 18.6 Å². The van der Waals surface area contributed by atoms with Crippen LogP contribution in [0.25, 0.3) is 5.78 Å². The molecule has 0 radical (unpaired) electrons. The molecule has 0 aliphatic carbocycles. The predicted molar refractivity (Wildman–Crippen MR) is 82.3 cm³/mol. The van der Waals surface area contributed by atoms with Gasteiger partial charge < -0.3 is 4.90 Å². The number of hydrogen-bond donors (Lipinski definition) is 0. The number of aromatic nitrogens is 4. The molecule has 124 valence electrons. The van der Waals surface area contributed by atoms with Crippen molar-refractivity contribution in [3.8, 4) is 0 Å². The van der Waals surface area contributed by atoms with Crippen molar-refractivity contribution in [2.24, 2.45) is 0 Å². The zero-order valence-electron chi connectivity index (χ0n) is 13.2. The molecular weight excluding hydrogens is 316 g/mol. The molecule has 2 aromatic heterocycles. The molecule has 0 atom stereocenters. The highest BCUT2D eigenvalue weighted by molar-refractivity contribution is 5.90. The van der Waals surface area contributed by atoms with Gasteiger partial charge in [0, 0.05) is 24.0 Å². The van der Waals surface area contributed by atoms with E-state index in [1.807, 2.05) is 6.92 Å². The van der Waals surface area contributed by atoms with Gasteiger partial charge in [-0.1, -0.05) is 6.07 Å². The Balaban J connectivity index is 1.92. The van der Waals surface area contributed by atoms with Crippen molar-refractivity contribution in [1.29, 1.82) is 0 Å². The fraction of sp³-hybridized carbons (Fsp3) is 0.250. The molecule has 0 aliphatic heterocycles. The van der Waals surface area contributed by atoms with Crippen LogP contribution in [0.15, 0.2) is 30.5 Å². The largest absolute Gasteiger partial charge is 0.332 e. The van der Waals surface area contributed by atoms with Gasteiger partial charge in [-0.15, -0.1) is 5.10 Å². The minimum Gasteiger partial charge on any atom is -0.332 e. The Morgan fingerprint density at radius 2 is 1.96 bits per heavy atom. The van der Waals surface area contributed by atoms with E-state index in [0.29, 0.717) is 5.78 Å². The predicted octanol–water partition coefficient (Wildman–Crippen LogP) is 2.37. The maximum atomic E-state index is 13.8. The topological polar surface area (TPSA) is 63.4 Å². The highest BCUT2D eigenvalue weighted by atomic mass is 19.1. The quantitative estimate of drug-likeness (QED) is 0.736. The lowest BCUT2D eigenvalue weighted by Crippen LogP contribution is -2.32. The van der Waals surface area contributed by atoms with Crippen LogP contribution in [-0.4, -0.2) is 36.9 Å². The third kappa shape index (κ3) is 2.82. The molecule has 0 spiro atoms.